The number of H-pyrrole nitrogens is 1. The molecule has 0 unspecified atom stereocenters. The summed E-state index contributed by atoms with van der Waals surface area (Å²) in [4.78, 5) is 12.7. The zero-order valence-electron chi connectivity index (χ0n) is 13.6. The molecule has 122 valence electrons. The van der Waals surface area contributed by atoms with Gasteiger partial charge in [0.1, 0.15) is 11.4 Å². The summed E-state index contributed by atoms with van der Waals surface area (Å²) in [5.74, 6) is 1.64. The van der Waals surface area contributed by atoms with E-state index in [9.17, 15) is 0 Å². The number of nitrogens with zero attached hydrogens (tertiary/aromatic N) is 3. The normalized spacial score (nSPS) is 11.4. The Morgan fingerprint density at radius 2 is 2.17 bits per heavy atom. The van der Waals surface area contributed by atoms with E-state index in [1.807, 2.05) is 37.4 Å². The third-order valence-corrected chi connectivity index (χ3v) is 4.73. The Morgan fingerprint density at radius 1 is 1.25 bits per heavy atom. The minimum absolute atomic E-state index is 0.661. The maximum absolute atomic E-state index is 5.53. The Hall–Kier alpha value is -2.47. The molecule has 0 aliphatic rings. The Bertz CT molecular complexity index is 1000. The maximum atomic E-state index is 5.53. The molecule has 0 amide bonds. The SMILES string of the molecule is CCOc1ccc2nc(SCc3cn4cccc(C)c4n3)[nH]c2c1. The molecule has 0 fully saturated rings. The molecule has 0 saturated carbocycles. The highest BCUT2D eigenvalue weighted by molar-refractivity contribution is 7.98. The smallest absolute Gasteiger partial charge is 0.166 e. The Kier molecular flexibility index (Phi) is 3.90. The average molecular weight is 338 g/mol. The molecule has 0 spiro atoms. The van der Waals surface area contributed by atoms with Crippen LogP contribution in [0.15, 0.2) is 47.9 Å². The van der Waals surface area contributed by atoms with Gasteiger partial charge >= 0.3 is 0 Å². The van der Waals surface area contributed by atoms with Gasteiger partial charge in [0, 0.05) is 24.2 Å². The van der Waals surface area contributed by atoms with Crippen LogP contribution in [0, 0.1) is 6.92 Å². The van der Waals surface area contributed by atoms with Crippen LogP contribution in [0.5, 0.6) is 5.75 Å². The van der Waals surface area contributed by atoms with Gasteiger partial charge < -0.3 is 14.1 Å². The van der Waals surface area contributed by atoms with Crippen molar-refractivity contribution in [3.05, 3.63) is 54.0 Å². The van der Waals surface area contributed by atoms with E-state index in [2.05, 4.69) is 33.6 Å². The fourth-order valence-electron chi connectivity index (χ4n) is 2.71. The third-order valence-electron chi connectivity index (χ3n) is 3.83. The van der Waals surface area contributed by atoms with E-state index in [0.717, 1.165) is 39.0 Å². The van der Waals surface area contributed by atoms with Crippen LogP contribution in [0.2, 0.25) is 0 Å². The van der Waals surface area contributed by atoms with Crippen LogP contribution in [0.25, 0.3) is 16.7 Å². The van der Waals surface area contributed by atoms with E-state index in [4.69, 9.17) is 9.72 Å². The van der Waals surface area contributed by atoms with E-state index < -0.39 is 0 Å². The molecular weight excluding hydrogens is 320 g/mol. The Labute approximate surface area is 144 Å². The zero-order valence-corrected chi connectivity index (χ0v) is 14.4. The lowest BCUT2D eigenvalue weighted by molar-refractivity contribution is 0.340. The first-order valence-corrected chi connectivity index (χ1v) is 8.90. The number of fused-ring (bicyclic) bond motifs is 2. The largest absolute Gasteiger partial charge is 0.494 e. The lowest BCUT2D eigenvalue weighted by Gasteiger charge is -2.00. The number of aryl methyl sites for hydroxylation is 1. The van der Waals surface area contributed by atoms with Crippen molar-refractivity contribution < 1.29 is 4.74 Å². The average Bonchev–Trinajstić information content (AvgIpc) is 3.17. The molecule has 6 heteroatoms. The molecule has 0 aliphatic carbocycles. The van der Waals surface area contributed by atoms with Gasteiger partial charge in [0.2, 0.25) is 0 Å². The molecule has 0 bridgehead atoms. The number of ether oxygens (including phenoxy) is 1. The molecule has 3 heterocycles. The topological polar surface area (TPSA) is 55.2 Å². The Balaban J connectivity index is 1.54. The molecule has 1 N–H and O–H groups in total. The Morgan fingerprint density at radius 3 is 3.00 bits per heavy atom. The first-order chi connectivity index (χ1) is 11.7. The second kappa shape index (κ2) is 6.20. The van der Waals surface area contributed by atoms with Crippen LogP contribution in [-0.4, -0.2) is 26.0 Å². The molecule has 4 aromatic rings. The van der Waals surface area contributed by atoms with Crippen LogP contribution < -0.4 is 4.74 Å². The predicted molar refractivity (Wildman–Crippen MR) is 96.8 cm³/mol. The molecule has 1 aromatic carbocycles. The van der Waals surface area contributed by atoms with Crippen LogP contribution in [0.1, 0.15) is 18.2 Å². The monoisotopic (exact) mass is 338 g/mol. The number of hydrogen-bond acceptors (Lipinski definition) is 4. The molecule has 0 atom stereocenters. The summed E-state index contributed by atoms with van der Waals surface area (Å²) >= 11 is 1.66. The summed E-state index contributed by atoms with van der Waals surface area (Å²) in [6.07, 6.45) is 4.10. The van der Waals surface area contributed by atoms with Gasteiger partial charge in [-0.3, -0.25) is 0 Å². The number of imidazole rings is 2. The summed E-state index contributed by atoms with van der Waals surface area (Å²) in [7, 11) is 0. The van der Waals surface area contributed by atoms with Crippen molar-refractivity contribution in [3.63, 3.8) is 0 Å². The highest BCUT2D eigenvalue weighted by Crippen LogP contribution is 2.25. The van der Waals surface area contributed by atoms with Gasteiger partial charge in [0.15, 0.2) is 5.16 Å². The van der Waals surface area contributed by atoms with Crippen molar-refractivity contribution >= 4 is 28.4 Å². The molecule has 0 aliphatic heterocycles. The fourth-order valence-corrected chi connectivity index (χ4v) is 3.48. The molecule has 0 radical (unpaired) electrons. The van der Waals surface area contributed by atoms with Crippen molar-refractivity contribution in [2.75, 3.05) is 6.61 Å². The van der Waals surface area contributed by atoms with E-state index in [1.54, 1.807) is 11.8 Å². The molecular formula is C18H18N4OS. The number of rotatable bonds is 5. The van der Waals surface area contributed by atoms with E-state index in [1.165, 1.54) is 5.56 Å². The maximum Gasteiger partial charge on any atom is 0.166 e. The first kappa shape index (κ1) is 15.1. The second-order valence-corrected chi connectivity index (χ2v) is 6.56. The quantitative estimate of drug-likeness (QED) is 0.554. The van der Waals surface area contributed by atoms with Gasteiger partial charge in [-0.15, -0.1) is 0 Å². The molecule has 4 rings (SSSR count). The zero-order chi connectivity index (χ0) is 16.5. The number of nitrogens with one attached hydrogen (secondary N) is 1. The highest BCUT2D eigenvalue weighted by Gasteiger charge is 2.08. The summed E-state index contributed by atoms with van der Waals surface area (Å²) in [5.41, 5.74) is 5.19. The lowest BCUT2D eigenvalue weighted by atomic mass is 10.3. The summed E-state index contributed by atoms with van der Waals surface area (Å²) in [6.45, 7) is 4.72. The standard InChI is InChI=1S/C18H18N4OS/c1-3-23-14-6-7-15-16(9-14)21-18(20-15)24-11-13-10-22-8-4-5-12(2)17(22)19-13/h4-10H,3,11H2,1-2H3,(H,20,21). The molecule has 24 heavy (non-hydrogen) atoms. The van der Waals surface area contributed by atoms with E-state index >= 15 is 0 Å². The van der Waals surface area contributed by atoms with Gasteiger partial charge in [0.25, 0.3) is 0 Å². The molecule has 5 nitrogen and oxygen atoms in total. The van der Waals surface area contributed by atoms with Gasteiger partial charge in [0.05, 0.1) is 23.3 Å². The number of pyridine rings is 1. The van der Waals surface area contributed by atoms with Crippen molar-refractivity contribution in [1.82, 2.24) is 19.4 Å². The lowest BCUT2D eigenvalue weighted by Crippen LogP contribution is -1.90. The minimum atomic E-state index is 0.661. The number of benzene rings is 1. The van der Waals surface area contributed by atoms with Gasteiger partial charge in [-0.05, 0) is 37.6 Å². The van der Waals surface area contributed by atoms with Crippen molar-refractivity contribution in [2.45, 2.75) is 24.8 Å². The van der Waals surface area contributed by atoms with Crippen molar-refractivity contribution in [3.8, 4) is 5.75 Å². The van der Waals surface area contributed by atoms with Crippen molar-refractivity contribution in [2.24, 2.45) is 0 Å². The predicted octanol–water partition coefficient (Wildman–Crippen LogP) is 4.21. The summed E-state index contributed by atoms with van der Waals surface area (Å²) in [5, 5.41) is 0.896. The third kappa shape index (κ3) is 2.85. The van der Waals surface area contributed by atoms with Gasteiger partial charge in [-0.25, -0.2) is 9.97 Å². The number of aromatic amines is 1. The van der Waals surface area contributed by atoms with Crippen LogP contribution in [0.3, 0.4) is 0 Å². The second-order valence-electron chi connectivity index (χ2n) is 5.60. The van der Waals surface area contributed by atoms with Gasteiger partial charge in [-0.2, -0.15) is 0 Å². The van der Waals surface area contributed by atoms with Crippen LogP contribution >= 0.6 is 11.8 Å². The number of aromatic nitrogens is 4. The van der Waals surface area contributed by atoms with E-state index in [0.29, 0.717) is 6.61 Å². The van der Waals surface area contributed by atoms with Crippen LogP contribution in [-0.2, 0) is 5.75 Å². The first-order valence-electron chi connectivity index (χ1n) is 7.91. The fraction of sp³-hybridized carbons (Fsp3) is 0.222. The van der Waals surface area contributed by atoms with Crippen LogP contribution in [0.4, 0.5) is 0 Å². The highest BCUT2D eigenvalue weighted by atomic mass is 32.2. The molecule has 3 aromatic heterocycles. The molecule has 0 saturated heterocycles. The summed E-state index contributed by atoms with van der Waals surface area (Å²) < 4.78 is 7.60. The summed E-state index contributed by atoms with van der Waals surface area (Å²) in [6, 6.07) is 10.0. The van der Waals surface area contributed by atoms with Gasteiger partial charge in [-0.1, -0.05) is 17.8 Å². The number of hydrogen-bond donors (Lipinski definition) is 1. The van der Waals surface area contributed by atoms with E-state index in [-0.39, 0.29) is 0 Å². The van der Waals surface area contributed by atoms with Crippen molar-refractivity contribution in [1.29, 1.82) is 0 Å². The minimum Gasteiger partial charge on any atom is -0.494 e. The number of thioether (sulfide) groups is 1.